The molecule has 2 aliphatic rings. The van der Waals surface area contributed by atoms with Crippen molar-refractivity contribution in [3.05, 3.63) is 89.5 Å². The third kappa shape index (κ3) is 9.04. The van der Waals surface area contributed by atoms with Gasteiger partial charge in [0.15, 0.2) is 0 Å². The highest BCUT2D eigenvalue weighted by Gasteiger charge is 2.33. The number of rotatable bonds is 18. The molecular weight excluding hydrogens is 677 g/mol. The lowest BCUT2D eigenvalue weighted by atomic mass is 9.81. The minimum atomic E-state index is 0.390. The predicted molar refractivity (Wildman–Crippen MR) is 221 cm³/mol. The number of fused-ring (bicyclic) bond motifs is 5. The first kappa shape index (κ1) is 36.7. The van der Waals surface area contributed by atoms with E-state index in [0.29, 0.717) is 5.92 Å². The third-order valence-corrected chi connectivity index (χ3v) is 12.9. The molecule has 6 rings (SSSR count). The van der Waals surface area contributed by atoms with Crippen LogP contribution in [0, 0.1) is 5.92 Å². The third-order valence-electron chi connectivity index (χ3n) is 9.73. The second-order valence-corrected chi connectivity index (χ2v) is 16.4. The highest BCUT2D eigenvalue weighted by atomic mass is 32.2. The summed E-state index contributed by atoms with van der Waals surface area (Å²) >= 11 is 12.6. The Morgan fingerprint density at radius 1 is 0.612 bits per heavy atom. The zero-order valence-electron chi connectivity index (χ0n) is 29.1. The molecule has 0 unspecified atom stereocenters. The van der Waals surface area contributed by atoms with Crippen LogP contribution in [0.5, 0.6) is 11.5 Å². The number of allylic oxidation sites excluding steroid dienone is 1. The molecule has 4 aromatic carbocycles. The molecule has 0 N–H and O–H groups in total. The van der Waals surface area contributed by atoms with Gasteiger partial charge >= 0.3 is 0 Å². The Bertz CT molecular complexity index is 1640. The highest BCUT2D eigenvalue weighted by Crippen LogP contribution is 2.57. The molecule has 0 saturated heterocycles. The van der Waals surface area contributed by atoms with E-state index >= 15 is 0 Å². The number of hydrogen-bond acceptors (Lipinski definition) is 6. The smallest absolute Gasteiger partial charge is 0.133 e. The zero-order valence-corrected chi connectivity index (χ0v) is 32.5. The molecule has 0 saturated carbocycles. The van der Waals surface area contributed by atoms with Crippen molar-refractivity contribution in [3.63, 3.8) is 0 Å². The molecule has 0 spiro atoms. The Balaban J connectivity index is 1.36. The Labute approximate surface area is 314 Å². The van der Waals surface area contributed by atoms with E-state index in [0.717, 1.165) is 54.8 Å². The van der Waals surface area contributed by atoms with Gasteiger partial charge in [0.2, 0.25) is 0 Å². The maximum absolute atomic E-state index is 6.64. The van der Waals surface area contributed by atoms with Crippen molar-refractivity contribution in [1.82, 2.24) is 0 Å². The molecule has 4 aromatic rings. The lowest BCUT2D eigenvalue weighted by Gasteiger charge is -2.33. The van der Waals surface area contributed by atoms with Gasteiger partial charge in [0.05, 0.1) is 23.0 Å². The lowest BCUT2D eigenvalue weighted by molar-refractivity contribution is 0.296. The van der Waals surface area contributed by atoms with E-state index in [9.17, 15) is 0 Å². The lowest BCUT2D eigenvalue weighted by Crippen LogP contribution is -2.14. The second kappa shape index (κ2) is 18.9. The van der Waals surface area contributed by atoms with Crippen molar-refractivity contribution in [2.75, 3.05) is 30.5 Å². The molecule has 0 radical (unpaired) electrons. The van der Waals surface area contributed by atoms with Crippen LogP contribution in [0.15, 0.2) is 87.5 Å². The second-order valence-electron chi connectivity index (χ2n) is 13.4. The molecule has 6 heteroatoms. The topological polar surface area (TPSA) is 18.5 Å². The van der Waals surface area contributed by atoms with Crippen molar-refractivity contribution >= 4 is 70.7 Å². The molecule has 2 nitrogen and oxygen atoms in total. The van der Waals surface area contributed by atoms with E-state index in [4.69, 9.17) is 9.47 Å². The van der Waals surface area contributed by atoms with Crippen LogP contribution in [0.25, 0.3) is 21.9 Å². The van der Waals surface area contributed by atoms with Crippen LogP contribution in [0.1, 0.15) is 101 Å². The van der Waals surface area contributed by atoms with E-state index in [1.54, 1.807) is 0 Å². The van der Waals surface area contributed by atoms with Gasteiger partial charge in [-0.3, -0.25) is 0 Å². The zero-order chi connectivity index (χ0) is 33.8. The van der Waals surface area contributed by atoms with E-state index < -0.39 is 0 Å². The van der Waals surface area contributed by atoms with Crippen molar-refractivity contribution in [2.24, 2.45) is 5.92 Å². The summed E-state index contributed by atoms with van der Waals surface area (Å²) in [5, 5.41) is 2.64. The first-order valence-corrected chi connectivity index (χ1v) is 21.6. The number of benzene rings is 4. The van der Waals surface area contributed by atoms with Gasteiger partial charge in [-0.25, -0.2) is 0 Å². The fraction of sp³-hybridized carbons (Fsp3) is 0.442. The predicted octanol–water partition coefficient (Wildman–Crippen LogP) is 13.3. The number of thioether (sulfide) groups is 1. The van der Waals surface area contributed by atoms with Gasteiger partial charge in [0, 0.05) is 21.8 Å². The molecule has 1 atom stereocenters. The monoisotopic (exact) mass is 728 g/mol. The molecular formula is C43H52O2S4. The Morgan fingerprint density at radius 3 is 1.76 bits per heavy atom. The molecule has 49 heavy (non-hydrogen) atoms. The Kier molecular flexibility index (Phi) is 14.2. The number of unbranched alkanes of at least 4 members (excludes halogenated alkanes) is 10. The first-order chi connectivity index (χ1) is 24.2. The van der Waals surface area contributed by atoms with Gasteiger partial charge in [-0.2, -0.15) is 25.3 Å². The average Bonchev–Trinajstić information content (AvgIpc) is 3.13. The fourth-order valence-electron chi connectivity index (χ4n) is 7.17. The first-order valence-electron chi connectivity index (χ1n) is 18.5. The average molecular weight is 729 g/mol. The largest absolute Gasteiger partial charge is 0.492 e. The van der Waals surface area contributed by atoms with Gasteiger partial charge in [0.1, 0.15) is 11.5 Å². The number of thiol groups is 2. The maximum atomic E-state index is 6.64. The molecule has 0 amide bonds. The Hall–Kier alpha value is -2.12. The molecule has 2 aliphatic heterocycles. The maximum Gasteiger partial charge on any atom is 0.133 e. The van der Waals surface area contributed by atoms with Crippen molar-refractivity contribution in [2.45, 2.75) is 98.7 Å². The van der Waals surface area contributed by atoms with Gasteiger partial charge in [-0.15, -0.1) is 11.8 Å². The molecule has 0 bridgehead atoms. The quantitative estimate of drug-likeness (QED) is 0.0691. The van der Waals surface area contributed by atoms with E-state index in [-0.39, 0.29) is 0 Å². The summed E-state index contributed by atoms with van der Waals surface area (Å²) in [7, 11) is 0. The van der Waals surface area contributed by atoms with Crippen LogP contribution in [0.2, 0.25) is 0 Å². The van der Waals surface area contributed by atoms with Crippen LogP contribution < -0.4 is 9.47 Å². The minimum Gasteiger partial charge on any atom is -0.492 e. The highest BCUT2D eigenvalue weighted by molar-refractivity contribution is 8.00. The van der Waals surface area contributed by atoms with E-state index in [1.807, 2.05) is 23.5 Å². The molecule has 0 fully saturated rings. The van der Waals surface area contributed by atoms with Gasteiger partial charge in [-0.05, 0) is 88.8 Å². The summed E-state index contributed by atoms with van der Waals surface area (Å²) in [5.74, 6) is 5.42. The van der Waals surface area contributed by atoms with Crippen molar-refractivity contribution < 1.29 is 9.47 Å². The molecule has 2 heterocycles. The molecule has 260 valence electrons. The van der Waals surface area contributed by atoms with E-state index in [2.05, 4.69) is 105 Å². The van der Waals surface area contributed by atoms with Crippen molar-refractivity contribution in [3.8, 4) is 11.5 Å². The summed E-state index contributed by atoms with van der Waals surface area (Å²) in [6, 6.07) is 26.9. The molecule has 0 aliphatic carbocycles. The van der Waals surface area contributed by atoms with Gasteiger partial charge < -0.3 is 9.47 Å². The van der Waals surface area contributed by atoms with Crippen LogP contribution in [0.4, 0.5) is 0 Å². The standard InChI is InChI=1S/C43H52O2S4/c1-31-30-48-38-25-24-32-18-10-11-19-33(32)41(38)39(31)40-34-20-16-22-36(44-26-12-6-2-4-8-14-28-46)42(34)49-43-35(40)21-17-23-37(43)45-27-13-7-3-5-9-15-29-47/h10-11,16-25,31,46-47H,2-9,12-15,26-30H2,1H3/t31-/m0/s1. The Morgan fingerprint density at radius 2 is 1.16 bits per heavy atom. The van der Waals surface area contributed by atoms with Crippen LogP contribution in [0.3, 0.4) is 0 Å². The normalized spacial score (nSPS) is 15.2. The van der Waals surface area contributed by atoms with Crippen LogP contribution in [-0.4, -0.2) is 30.5 Å². The SMILES string of the molecule is C[C@H]1CSc2ccc3ccccc3c2C1=C1c2cccc(OCCCCCCCCS)c2Sc2c(OCCCCCCCCS)cccc21. The van der Waals surface area contributed by atoms with E-state index in [1.165, 1.54) is 118 Å². The molecule has 0 aromatic heterocycles. The minimum absolute atomic E-state index is 0.390. The number of ether oxygens (including phenoxy) is 2. The summed E-state index contributed by atoms with van der Waals surface area (Å²) in [6.07, 6.45) is 14.7. The van der Waals surface area contributed by atoms with Crippen molar-refractivity contribution in [1.29, 1.82) is 0 Å². The summed E-state index contributed by atoms with van der Waals surface area (Å²) in [6.45, 7) is 3.90. The van der Waals surface area contributed by atoms with Crippen LogP contribution in [-0.2, 0) is 0 Å². The van der Waals surface area contributed by atoms with Gasteiger partial charge in [0.25, 0.3) is 0 Å². The summed E-state index contributed by atoms with van der Waals surface area (Å²) < 4.78 is 13.3. The fourth-order valence-corrected chi connectivity index (χ4v) is 9.96. The summed E-state index contributed by atoms with van der Waals surface area (Å²) in [4.78, 5) is 3.82. The van der Waals surface area contributed by atoms with Crippen LogP contribution >= 0.6 is 48.8 Å². The van der Waals surface area contributed by atoms with Gasteiger partial charge in [-0.1, -0.05) is 125 Å². The summed E-state index contributed by atoms with van der Waals surface area (Å²) in [5.41, 5.74) is 6.76. The number of hydrogen-bond donors (Lipinski definition) is 2.